The molecule has 176 valence electrons. The third-order valence-corrected chi connectivity index (χ3v) is 5.76. The van der Waals surface area contributed by atoms with Crippen molar-refractivity contribution in [2.75, 3.05) is 51.8 Å². The first-order valence-corrected chi connectivity index (χ1v) is 11.4. The fraction of sp³-hybridized carbons (Fsp3) is 0.333. The maximum absolute atomic E-state index is 12.6. The van der Waals surface area contributed by atoms with Crippen molar-refractivity contribution >= 4 is 46.8 Å². The van der Waals surface area contributed by atoms with Crippen LogP contribution in [0.4, 0.5) is 5.69 Å². The molecule has 0 bridgehead atoms. The molecule has 2 amide bonds. The molecule has 0 aromatic heterocycles. The molecule has 1 heterocycles. The van der Waals surface area contributed by atoms with Gasteiger partial charge < -0.3 is 19.7 Å². The molecule has 1 aliphatic rings. The Morgan fingerprint density at radius 1 is 1.09 bits per heavy atom. The Labute approximate surface area is 203 Å². The van der Waals surface area contributed by atoms with Gasteiger partial charge in [-0.15, -0.1) is 0 Å². The second kappa shape index (κ2) is 11.9. The van der Waals surface area contributed by atoms with Crippen molar-refractivity contribution in [2.24, 2.45) is 0 Å². The average molecular weight is 492 g/mol. The number of anilines is 1. The van der Waals surface area contributed by atoms with E-state index in [4.69, 9.17) is 32.7 Å². The number of benzene rings is 2. The second-order valence-corrected chi connectivity index (χ2v) is 8.24. The maximum Gasteiger partial charge on any atom is 0.246 e. The van der Waals surface area contributed by atoms with Gasteiger partial charge in [-0.2, -0.15) is 0 Å². The fourth-order valence-corrected chi connectivity index (χ4v) is 3.98. The molecule has 0 spiro atoms. The Morgan fingerprint density at radius 2 is 1.82 bits per heavy atom. The highest BCUT2D eigenvalue weighted by atomic mass is 35.5. The van der Waals surface area contributed by atoms with Gasteiger partial charge in [0.1, 0.15) is 0 Å². The van der Waals surface area contributed by atoms with Crippen molar-refractivity contribution in [1.82, 2.24) is 9.80 Å². The smallest absolute Gasteiger partial charge is 0.246 e. The summed E-state index contributed by atoms with van der Waals surface area (Å²) in [5.74, 6) is 0.768. The molecule has 1 N–H and O–H groups in total. The Bertz CT molecular complexity index is 1020. The molecule has 1 aliphatic heterocycles. The van der Waals surface area contributed by atoms with E-state index in [1.165, 1.54) is 13.2 Å². The van der Waals surface area contributed by atoms with E-state index in [1.807, 2.05) is 24.0 Å². The number of nitrogens with zero attached hydrogens (tertiary/aromatic N) is 2. The van der Waals surface area contributed by atoms with Gasteiger partial charge in [-0.1, -0.05) is 35.3 Å². The number of amides is 2. The SMILES string of the molecule is CCOc1cc(/C=C/C(=O)N2CCN(CC(=O)Nc3ccccc3Cl)CC2)cc(Cl)c1OC. The molecular formula is C24H27Cl2N3O4. The van der Waals surface area contributed by atoms with Gasteiger partial charge >= 0.3 is 0 Å². The number of carbonyl (C=O) groups is 2. The number of piperazine rings is 1. The lowest BCUT2D eigenvalue weighted by atomic mass is 10.1. The zero-order chi connectivity index (χ0) is 23.8. The molecule has 3 rings (SSSR count). The molecule has 0 saturated carbocycles. The first-order chi connectivity index (χ1) is 15.9. The quantitative estimate of drug-likeness (QED) is 0.560. The number of rotatable bonds is 8. The molecular weight excluding hydrogens is 465 g/mol. The first-order valence-electron chi connectivity index (χ1n) is 10.6. The van der Waals surface area contributed by atoms with Gasteiger partial charge in [0.15, 0.2) is 11.5 Å². The number of halogens is 2. The summed E-state index contributed by atoms with van der Waals surface area (Å²) in [6.07, 6.45) is 3.23. The highest BCUT2D eigenvalue weighted by molar-refractivity contribution is 6.33. The summed E-state index contributed by atoms with van der Waals surface area (Å²) in [5.41, 5.74) is 1.33. The van der Waals surface area contributed by atoms with Gasteiger partial charge in [0, 0.05) is 32.3 Å². The average Bonchev–Trinajstić information content (AvgIpc) is 2.79. The van der Waals surface area contributed by atoms with Gasteiger partial charge in [-0.25, -0.2) is 0 Å². The minimum Gasteiger partial charge on any atom is -0.491 e. The summed E-state index contributed by atoms with van der Waals surface area (Å²) >= 11 is 12.4. The topological polar surface area (TPSA) is 71.1 Å². The third kappa shape index (κ3) is 6.87. The van der Waals surface area contributed by atoms with Crippen LogP contribution >= 0.6 is 23.2 Å². The fourth-order valence-electron chi connectivity index (χ4n) is 3.50. The molecule has 2 aromatic rings. The molecule has 0 atom stereocenters. The maximum atomic E-state index is 12.6. The number of para-hydroxylation sites is 1. The molecule has 0 unspecified atom stereocenters. The molecule has 1 fully saturated rings. The second-order valence-electron chi connectivity index (χ2n) is 7.43. The van der Waals surface area contributed by atoms with E-state index in [-0.39, 0.29) is 18.4 Å². The number of nitrogens with one attached hydrogen (secondary N) is 1. The largest absolute Gasteiger partial charge is 0.491 e. The Morgan fingerprint density at radius 3 is 2.48 bits per heavy atom. The summed E-state index contributed by atoms with van der Waals surface area (Å²) in [4.78, 5) is 28.7. The number of ether oxygens (including phenoxy) is 2. The van der Waals surface area contributed by atoms with Crippen LogP contribution in [-0.2, 0) is 9.59 Å². The van der Waals surface area contributed by atoms with Crippen molar-refractivity contribution in [3.63, 3.8) is 0 Å². The van der Waals surface area contributed by atoms with E-state index < -0.39 is 0 Å². The minimum atomic E-state index is -0.135. The molecule has 33 heavy (non-hydrogen) atoms. The van der Waals surface area contributed by atoms with E-state index in [2.05, 4.69) is 5.32 Å². The van der Waals surface area contributed by atoms with Crippen LogP contribution in [0, 0.1) is 0 Å². The predicted molar refractivity (Wildman–Crippen MR) is 131 cm³/mol. The Hall–Kier alpha value is -2.74. The number of methoxy groups -OCH3 is 1. The van der Waals surface area contributed by atoms with Crippen LogP contribution in [0.25, 0.3) is 6.08 Å². The van der Waals surface area contributed by atoms with Gasteiger partial charge in [-0.3, -0.25) is 14.5 Å². The molecule has 0 radical (unpaired) electrons. The lowest BCUT2D eigenvalue weighted by Gasteiger charge is -2.33. The summed E-state index contributed by atoms with van der Waals surface area (Å²) in [6, 6.07) is 10.6. The summed E-state index contributed by atoms with van der Waals surface area (Å²) in [5, 5.41) is 3.74. The van der Waals surface area contributed by atoms with Crippen molar-refractivity contribution in [3.8, 4) is 11.5 Å². The van der Waals surface area contributed by atoms with Crippen molar-refractivity contribution in [1.29, 1.82) is 0 Å². The van der Waals surface area contributed by atoms with E-state index in [0.717, 1.165) is 5.56 Å². The lowest BCUT2D eigenvalue weighted by Crippen LogP contribution is -2.50. The molecule has 0 aliphatic carbocycles. The van der Waals surface area contributed by atoms with Crippen LogP contribution < -0.4 is 14.8 Å². The Balaban J connectivity index is 1.51. The van der Waals surface area contributed by atoms with E-state index in [9.17, 15) is 9.59 Å². The van der Waals surface area contributed by atoms with Gasteiger partial charge in [-0.05, 0) is 42.8 Å². The molecule has 9 heteroatoms. The van der Waals surface area contributed by atoms with Gasteiger partial charge in [0.2, 0.25) is 11.8 Å². The van der Waals surface area contributed by atoms with Crippen molar-refractivity contribution in [3.05, 3.63) is 58.1 Å². The molecule has 1 saturated heterocycles. The van der Waals surface area contributed by atoms with Crippen LogP contribution in [0.5, 0.6) is 11.5 Å². The van der Waals surface area contributed by atoms with Crippen LogP contribution in [0.2, 0.25) is 10.0 Å². The Kier molecular flexibility index (Phi) is 9.00. The van der Waals surface area contributed by atoms with E-state index in [1.54, 1.807) is 35.2 Å². The summed E-state index contributed by atoms with van der Waals surface area (Å²) in [6.45, 7) is 4.88. The minimum absolute atomic E-state index is 0.0972. The van der Waals surface area contributed by atoms with Crippen LogP contribution in [-0.4, -0.2) is 68.1 Å². The highest BCUT2D eigenvalue weighted by Gasteiger charge is 2.21. The standard InChI is InChI=1S/C24H27Cl2N3O4/c1-3-33-21-15-17(14-19(26)24(21)32-2)8-9-23(31)29-12-10-28(11-13-29)16-22(30)27-20-7-5-4-6-18(20)25/h4-9,14-15H,3,10-13,16H2,1-2H3,(H,27,30)/b9-8+. The van der Waals surface area contributed by atoms with E-state index in [0.29, 0.717) is 60.0 Å². The molecule has 2 aromatic carbocycles. The van der Waals surface area contributed by atoms with Gasteiger partial charge in [0.25, 0.3) is 0 Å². The van der Waals surface area contributed by atoms with E-state index >= 15 is 0 Å². The lowest BCUT2D eigenvalue weighted by molar-refractivity contribution is -0.127. The van der Waals surface area contributed by atoms with Crippen LogP contribution in [0.15, 0.2) is 42.5 Å². The monoisotopic (exact) mass is 491 g/mol. The van der Waals surface area contributed by atoms with Crippen molar-refractivity contribution in [2.45, 2.75) is 6.92 Å². The predicted octanol–water partition coefficient (Wildman–Crippen LogP) is 4.20. The first kappa shape index (κ1) is 24.9. The number of hydrogen-bond acceptors (Lipinski definition) is 5. The summed E-state index contributed by atoms with van der Waals surface area (Å²) < 4.78 is 10.9. The zero-order valence-corrected chi connectivity index (χ0v) is 20.2. The highest BCUT2D eigenvalue weighted by Crippen LogP contribution is 2.36. The molecule has 7 nitrogen and oxygen atoms in total. The van der Waals surface area contributed by atoms with Crippen molar-refractivity contribution < 1.29 is 19.1 Å². The number of carbonyl (C=O) groups excluding carboxylic acids is 2. The summed E-state index contributed by atoms with van der Waals surface area (Å²) in [7, 11) is 1.53. The van der Waals surface area contributed by atoms with Crippen LogP contribution in [0.3, 0.4) is 0 Å². The third-order valence-electron chi connectivity index (χ3n) is 5.15. The number of hydrogen-bond donors (Lipinski definition) is 1. The normalized spacial score (nSPS) is 14.4. The zero-order valence-electron chi connectivity index (χ0n) is 18.6. The van der Waals surface area contributed by atoms with Crippen LogP contribution in [0.1, 0.15) is 12.5 Å². The van der Waals surface area contributed by atoms with Gasteiger partial charge in [0.05, 0.1) is 36.0 Å².